The van der Waals surface area contributed by atoms with Gasteiger partial charge in [0.25, 0.3) is 0 Å². The molecule has 0 spiro atoms. The van der Waals surface area contributed by atoms with Gasteiger partial charge in [0.05, 0.1) is 5.69 Å². The minimum absolute atomic E-state index is 0.235. The summed E-state index contributed by atoms with van der Waals surface area (Å²) < 4.78 is 0. The second-order valence-electron chi connectivity index (χ2n) is 9.44. The van der Waals surface area contributed by atoms with Gasteiger partial charge >= 0.3 is 0 Å². The Balaban J connectivity index is 1.35. The number of benzene rings is 1. The van der Waals surface area contributed by atoms with Gasteiger partial charge in [0.2, 0.25) is 0 Å². The van der Waals surface area contributed by atoms with E-state index in [1.807, 2.05) is 19.3 Å². The van der Waals surface area contributed by atoms with Crippen molar-refractivity contribution in [3.05, 3.63) is 66.0 Å². The second kappa shape index (κ2) is 11.8. The third kappa shape index (κ3) is 8.33. The fourth-order valence-electron chi connectivity index (χ4n) is 4.17. The van der Waals surface area contributed by atoms with Crippen LogP contribution in [0.1, 0.15) is 50.8 Å². The molecule has 5 heteroatoms. The number of aromatic nitrogens is 1. The maximum atomic E-state index is 4.47. The van der Waals surface area contributed by atoms with Crippen molar-refractivity contribution < 1.29 is 0 Å². The maximum absolute atomic E-state index is 4.47. The average molecular weight is 422 g/mol. The van der Waals surface area contributed by atoms with Gasteiger partial charge in [0, 0.05) is 45.5 Å². The van der Waals surface area contributed by atoms with E-state index in [9.17, 15) is 0 Å². The number of pyridine rings is 1. The number of aryl methyl sites for hydroxylation is 1. The molecule has 1 aliphatic heterocycles. The summed E-state index contributed by atoms with van der Waals surface area (Å²) in [5.74, 6) is 0.930. The van der Waals surface area contributed by atoms with E-state index in [0.29, 0.717) is 6.04 Å². The molecule has 168 valence electrons. The van der Waals surface area contributed by atoms with Crippen LogP contribution in [0.2, 0.25) is 0 Å². The molecule has 0 unspecified atom stereocenters. The minimum Gasteiger partial charge on any atom is -0.356 e. The van der Waals surface area contributed by atoms with Gasteiger partial charge in [-0.05, 0) is 55.2 Å². The van der Waals surface area contributed by atoms with Crippen molar-refractivity contribution in [2.45, 2.75) is 58.5 Å². The van der Waals surface area contributed by atoms with Gasteiger partial charge in [-0.2, -0.15) is 0 Å². The van der Waals surface area contributed by atoms with Gasteiger partial charge in [-0.15, -0.1) is 0 Å². The largest absolute Gasteiger partial charge is 0.356 e. The Morgan fingerprint density at radius 3 is 2.52 bits per heavy atom. The summed E-state index contributed by atoms with van der Waals surface area (Å²) in [5, 5.41) is 7.21. The molecule has 0 atom stereocenters. The fraction of sp³-hybridized carbons (Fsp3) is 0.538. The molecule has 5 nitrogen and oxygen atoms in total. The number of hydrogen-bond acceptors (Lipinski definition) is 3. The van der Waals surface area contributed by atoms with E-state index in [2.05, 4.69) is 81.8 Å². The molecule has 0 saturated carbocycles. The predicted molar refractivity (Wildman–Crippen MR) is 130 cm³/mol. The lowest BCUT2D eigenvalue weighted by Crippen LogP contribution is -2.50. The van der Waals surface area contributed by atoms with Crippen LogP contribution in [-0.2, 0) is 13.0 Å². The number of guanidine groups is 1. The van der Waals surface area contributed by atoms with E-state index in [1.54, 1.807) is 0 Å². The Morgan fingerprint density at radius 2 is 1.84 bits per heavy atom. The number of nitrogens with zero attached hydrogens (tertiary/aromatic N) is 3. The summed E-state index contributed by atoms with van der Waals surface area (Å²) in [5.41, 5.74) is 2.82. The molecule has 1 aliphatic rings. The number of piperidine rings is 1. The van der Waals surface area contributed by atoms with Gasteiger partial charge in [-0.1, -0.05) is 50.2 Å². The SMILES string of the molecule is CN=C(NCC(C)(C)CCCc1ccccc1)NC1CCN(Cc2ccccn2)CC1. The van der Waals surface area contributed by atoms with Crippen LogP contribution >= 0.6 is 0 Å². The molecule has 31 heavy (non-hydrogen) atoms. The third-order valence-corrected chi connectivity index (χ3v) is 6.16. The van der Waals surface area contributed by atoms with Crippen LogP contribution in [0.15, 0.2) is 59.7 Å². The Kier molecular flexibility index (Phi) is 8.89. The first-order valence-corrected chi connectivity index (χ1v) is 11.7. The van der Waals surface area contributed by atoms with Crippen LogP contribution in [0.3, 0.4) is 0 Å². The topological polar surface area (TPSA) is 52.6 Å². The Hall–Kier alpha value is -2.40. The zero-order valence-corrected chi connectivity index (χ0v) is 19.5. The van der Waals surface area contributed by atoms with Gasteiger partial charge < -0.3 is 10.6 Å². The van der Waals surface area contributed by atoms with E-state index in [0.717, 1.165) is 57.1 Å². The zero-order chi connectivity index (χ0) is 21.9. The summed E-state index contributed by atoms with van der Waals surface area (Å²) in [4.78, 5) is 11.4. The number of nitrogens with one attached hydrogen (secondary N) is 2. The van der Waals surface area contributed by atoms with Crippen molar-refractivity contribution in [2.24, 2.45) is 10.4 Å². The molecular formula is C26H39N5. The summed E-state index contributed by atoms with van der Waals surface area (Å²) in [7, 11) is 1.87. The van der Waals surface area contributed by atoms with E-state index in [-0.39, 0.29) is 5.41 Å². The maximum Gasteiger partial charge on any atom is 0.191 e. The van der Waals surface area contributed by atoms with Gasteiger partial charge in [-0.3, -0.25) is 14.9 Å². The summed E-state index contributed by atoms with van der Waals surface area (Å²) in [6.07, 6.45) is 7.69. The lowest BCUT2D eigenvalue weighted by Gasteiger charge is -2.33. The molecule has 0 radical (unpaired) electrons. The molecule has 1 aromatic carbocycles. The van der Waals surface area contributed by atoms with Crippen molar-refractivity contribution in [2.75, 3.05) is 26.7 Å². The van der Waals surface area contributed by atoms with Gasteiger partial charge in [-0.25, -0.2) is 0 Å². The first-order chi connectivity index (χ1) is 15.0. The normalized spacial score (nSPS) is 16.3. The molecule has 1 saturated heterocycles. The van der Waals surface area contributed by atoms with Crippen molar-refractivity contribution in [1.82, 2.24) is 20.5 Å². The van der Waals surface area contributed by atoms with Crippen molar-refractivity contribution in [3.8, 4) is 0 Å². The molecule has 3 rings (SSSR count). The Bertz CT molecular complexity index is 780. The zero-order valence-electron chi connectivity index (χ0n) is 19.5. The van der Waals surface area contributed by atoms with Crippen molar-refractivity contribution in [3.63, 3.8) is 0 Å². The van der Waals surface area contributed by atoms with E-state index in [4.69, 9.17) is 0 Å². The van der Waals surface area contributed by atoms with E-state index < -0.39 is 0 Å². The van der Waals surface area contributed by atoms with Gasteiger partial charge in [0.15, 0.2) is 5.96 Å². The second-order valence-corrected chi connectivity index (χ2v) is 9.44. The highest BCUT2D eigenvalue weighted by molar-refractivity contribution is 5.80. The summed E-state index contributed by atoms with van der Waals surface area (Å²) >= 11 is 0. The number of likely N-dealkylation sites (tertiary alicyclic amines) is 1. The molecule has 0 amide bonds. The van der Waals surface area contributed by atoms with Crippen LogP contribution in [0, 0.1) is 5.41 Å². The van der Waals surface area contributed by atoms with Crippen LogP contribution < -0.4 is 10.6 Å². The smallest absolute Gasteiger partial charge is 0.191 e. The third-order valence-electron chi connectivity index (χ3n) is 6.16. The van der Waals surface area contributed by atoms with Crippen LogP contribution in [0.5, 0.6) is 0 Å². The predicted octanol–water partition coefficient (Wildman–Crippen LogP) is 4.26. The molecule has 2 aromatic rings. The van der Waals surface area contributed by atoms with Crippen LogP contribution in [0.4, 0.5) is 0 Å². The first kappa shape index (κ1) is 23.3. The first-order valence-electron chi connectivity index (χ1n) is 11.7. The molecule has 2 heterocycles. The Labute approximate surface area is 188 Å². The molecule has 0 bridgehead atoms. The quantitative estimate of drug-likeness (QED) is 0.469. The highest BCUT2D eigenvalue weighted by Gasteiger charge is 2.22. The number of hydrogen-bond donors (Lipinski definition) is 2. The number of aliphatic imine (C=N–C) groups is 1. The summed E-state index contributed by atoms with van der Waals surface area (Å²) in [6, 6.07) is 17.4. The lowest BCUT2D eigenvalue weighted by molar-refractivity contribution is 0.196. The van der Waals surface area contributed by atoms with Crippen LogP contribution in [0.25, 0.3) is 0 Å². The lowest BCUT2D eigenvalue weighted by atomic mass is 9.86. The van der Waals surface area contributed by atoms with E-state index >= 15 is 0 Å². The standard InChI is InChI=1S/C26H39N5/c1-26(2,16-9-12-22-10-5-4-6-11-22)21-29-25(27-3)30-23-14-18-31(19-15-23)20-24-13-7-8-17-28-24/h4-8,10-11,13,17,23H,9,12,14-16,18-21H2,1-3H3,(H2,27,29,30). The minimum atomic E-state index is 0.235. The summed E-state index contributed by atoms with van der Waals surface area (Å²) in [6.45, 7) is 8.74. The molecule has 2 N–H and O–H groups in total. The van der Waals surface area contributed by atoms with E-state index in [1.165, 1.54) is 18.4 Å². The monoisotopic (exact) mass is 421 g/mol. The van der Waals surface area contributed by atoms with Gasteiger partial charge in [0.1, 0.15) is 0 Å². The highest BCUT2D eigenvalue weighted by Crippen LogP contribution is 2.22. The molecular weight excluding hydrogens is 382 g/mol. The molecule has 1 aromatic heterocycles. The molecule has 0 aliphatic carbocycles. The van der Waals surface area contributed by atoms with Crippen LogP contribution in [-0.4, -0.2) is 48.6 Å². The number of rotatable bonds is 9. The highest BCUT2D eigenvalue weighted by atomic mass is 15.2. The average Bonchev–Trinajstić information content (AvgIpc) is 2.79. The van der Waals surface area contributed by atoms with Crippen molar-refractivity contribution in [1.29, 1.82) is 0 Å². The fourth-order valence-corrected chi connectivity index (χ4v) is 4.17. The Morgan fingerprint density at radius 1 is 1.10 bits per heavy atom. The van der Waals surface area contributed by atoms with Crippen molar-refractivity contribution >= 4 is 5.96 Å². The molecule has 1 fully saturated rings.